The van der Waals surface area contributed by atoms with E-state index in [1.807, 2.05) is 0 Å². The van der Waals surface area contributed by atoms with Gasteiger partial charge in [0.15, 0.2) is 0 Å². The third kappa shape index (κ3) is 1.97. The van der Waals surface area contributed by atoms with Crippen molar-refractivity contribution in [2.24, 2.45) is 5.29 Å². The van der Waals surface area contributed by atoms with Crippen LogP contribution in [0.1, 0.15) is 12.8 Å². The van der Waals surface area contributed by atoms with Crippen molar-refractivity contribution >= 4 is 10.0 Å². The number of rotatable bonds is 3. The van der Waals surface area contributed by atoms with E-state index in [9.17, 15) is 13.3 Å². The zero-order valence-corrected chi connectivity index (χ0v) is 7.91. The number of nitrogens with zero attached hydrogens (tertiary/aromatic N) is 2. The molecule has 0 fully saturated rings. The van der Waals surface area contributed by atoms with Gasteiger partial charge in [-0.2, -0.15) is 10.1 Å². The van der Waals surface area contributed by atoms with Gasteiger partial charge in [0.25, 0.3) is 10.0 Å². The van der Waals surface area contributed by atoms with Gasteiger partial charge >= 0.3 is 0 Å². The van der Waals surface area contributed by atoms with E-state index < -0.39 is 10.0 Å². The van der Waals surface area contributed by atoms with Crippen LogP contribution < -0.4 is 4.83 Å². The smallest absolute Gasteiger partial charge is 0.200 e. The molecule has 1 N–H and O–H groups in total. The van der Waals surface area contributed by atoms with E-state index >= 15 is 0 Å². The van der Waals surface area contributed by atoms with E-state index in [4.69, 9.17) is 5.26 Å². The molecule has 1 aliphatic rings. The highest BCUT2D eigenvalue weighted by atomic mass is 32.2. The van der Waals surface area contributed by atoms with Crippen molar-refractivity contribution in [1.29, 1.82) is 5.26 Å². The molecule has 0 aromatic carbocycles. The summed E-state index contributed by atoms with van der Waals surface area (Å²) in [5, 5.41) is 10.7. The molecule has 0 spiro atoms. The Morgan fingerprint density at radius 1 is 1.57 bits per heavy atom. The molecule has 1 rings (SSSR count). The Labute approximate surface area is 80.9 Å². The summed E-state index contributed by atoms with van der Waals surface area (Å²) in [4.78, 5) is 11.2. The first kappa shape index (κ1) is 10.4. The minimum Gasteiger partial charge on any atom is -0.200 e. The summed E-state index contributed by atoms with van der Waals surface area (Å²) in [6.45, 7) is 0. The van der Waals surface area contributed by atoms with Crippen molar-refractivity contribution in [2.45, 2.75) is 12.8 Å². The lowest BCUT2D eigenvalue weighted by molar-refractivity contribution is 0.588. The van der Waals surface area contributed by atoms with Crippen LogP contribution in [0.25, 0.3) is 0 Å². The predicted octanol–water partition coefficient (Wildman–Crippen LogP) is 0.715. The molecule has 0 atom stereocenters. The Bertz CT molecular complexity index is 441. The highest BCUT2D eigenvalue weighted by Crippen LogP contribution is 2.22. The third-order valence-electron chi connectivity index (χ3n) is 1.73. The van der Waals surface area contributed by atoms with Gasteiger partial charge in [0.05, 0.1) is 15.8 Å². The molecule has 0 bridgehead atoms. The number of hydrogen-bond donors (Lipinski definition) is 1. The van der Waals surface area contributed by atoms with Crippen LogP contribution in [0, 0.1) is 16.2 Å². The van der Waals surface area contributed by atoms with Crippen LogP contribution in [-0.2, 0) is 10.0 Å². The Balaban J connectivity index is 3.19. The quantitative estimate of drug-likeness (QED) is 0.551. The molecular formula is C7H7N3O3S. The zero-order valence-electron chi connectivity index (χ0n) is 7.10. The Morgan fingerprint density at radius 2 is 2.29 bits per heavy atom. The molecule has 0 amide bonds. The fourth-order valence-corrected chi connectivity index (χ4v) is 2.12. The van der Waals surface area contributed by atoms with Gasteiger partial charge in [-0.05, 0) is 18.9 Å². The second-order valence-electron chi connectivity index (χ2n) is 2.58. The van der Waals surface area contributed by atoms with Crippen LogP contribution in [0.15, 0.2) is 27.9 Å². The van der Waals surface area contributed by atoms with Crippen LogP contribution in [0.3, 0.4) is 0 Å². The lowest BCUT2D eigenvalue weighted by Crippen LogP contribution is -2.21. The fraction of sp³-hybridized carbons (Fsp3) is 0.286. The molecule has 0 heterocycles. The summed E-state index contributed by atoms with van der Waals surface area (Å²) in [5.74, 6) is 0. The molecule has 0 aliphatic heterocycles. The average molecular weight is 213 g/mol. The van der Waals surface area contributed by atoms with Crippen molar-refractivity contribution in [1.82, 2.24) is 4.83 Å². The lowest BCUT2D eigenvalue weighted by Gasteiger charge is -2.09. The topological polar surface area (TPSA) is 99.4 Å². The first-order valence-corrected chi connectivity index (χ1v) is 5.24. The van der Waals surface area contributed by atoms with E-state index in [1.165, 1.54) is 10.9 Å². The maximum absolute atomic E-state index is 11.3. The zero-order chi connectivity index (χ0) is 10.6. The van der Waals surface area contributed by atoms with Gasteiger partial charge in [0, 0.05) is 0 Å². The van der Waals surface area contributed by atoms with E-state index in [1.54, 1.807) is 12.1 Å². The normalized spacial score (nSPS) is 16.2. The summed E-state index contributed by atoms with van der Waals surface area (Å²) in [5.41, 5.74) is 0.0485. The van der Waals surface area contributed by atoms with E-state index in [0.717, 1.165) is 0 Å². The molecule has 0 saturated heterocycles. The summed E-state index contributed by atoms with van der Waals surface area (Å²) >= 11 is 0. The minimum absolute atomic E-state index is 0.0485. The first-order chi connectivity index (χ1) is 6.61. The minimum atomic E-state index is -3.92. The molecule has 7 heteroatoms. The molecule has 74 valence electrons. The number of nitrogens with one attached hydrogen (secondary N) is 1. The highest BCUT2D eigenvalue weighted by Gasteiger charge is 2.22. The summed E-state index contributed by atoms with van der Waals surface area (Å²) in [7, 11) is -3.92. The summed E-state index contributed by atoms with van der Waals surface area (Å²) in [6, 6.07) is 1.75. The number of nitriles is 1. The van der Waals surface area contributed by atoms with Crippen molar-refractivity contribution in [3.8, 4) is 6.07 Å². The van der Waals surface area contributed by atoms with Gasteiger partial charge in [-0.25, -0.2) is 8.42 Å². The van der Waals surface area contributed by atoms with Gasteiger partial charge in [-0.1, -0.05) is 6.08 Å². The largest absolute Gasteiger partial charge is 0.276 e. The van der Waals surface area contributed by atoms with E-state index in [2.05, 4.69) is 5.29 Å². The standard InChI is InChI=1S/C7H7N3O3S/c8-5-6-3-1-2-4-7(6)14(12,13)10-9-11/h1,3H,2,4H2,(H,10,11). The maximum Gasteiger partial charge on any atom is 0.276 e. The van der Waals surface area contributed by atoms with Crippen LogP contribution in [0.2, 0.25) is 0 Å². The molecule has 0 aromatic rings. The predicted molar refractivity (Wildman–Crippen MR) is 48.9 cm³/mol. The average Bonchev–Trinajstić information content (AvgIpc) is 2.18. The second-order valence-corrected chi connectivity index (χ2v) is 4.26. The first-order valence-electron chi connectivity index (χ1n) is 3.76. The highest BCUT2D eigenvalue weighted by molar-refractivity contribution is 7.93. The SMILES string of the molecule is N#CC1=C(S(=O)(=O)NN=O)CCC=C1. The maximum atomic E-state index is 11.3. The molecule has 6 nitrogen and oxygen atoms in total. The summed E-state index contributed by atoms with van der Waals surface area (Å²) < 4.78 is 22.6. The Hall–Kier alpha value is -1.68. The van der Waals surface area contributed by atoms with Gasteiger partial charge in [0.2, 0.25) is 0 Å². The summed E-state index contributed by atoms with van der Waals surface area (Å²) in [6.07, 6.45) is 3.86. The number of sulfonamides is 1. The Morgan fingerprint density at radius 3 is 2.86 bits per heavy atom. The molecule has 14 heavy (non-hydrogen) atoms. The van der Waals surface area contributed by atoms with Gasteiger partial charge in [-0.3, -0.25) is 0 Å². The second kappa shape index (κ2) is 4.02. The number of allylic oxidation sites excluding steroid dienone is 4. The number of nitroso groups, excluding NO2 is 1. The molecule has 0 saturated carbocycles. The van der Waals surface area contributed by atoms with Crippen molar-refractivity contribution in [3.63, 3.8) is 0 Å². The van der Waals surface area contributed by atoms with Crippen LogP contribution in [0.5, 0.6) is 0 Å². The Kier molecular flexibility index (Phi) is 2.99. The van der Waals surface area contributed by atoms with Crippen molar-refractivity contribution < 1.29 is 8.42 Å². The molecular weight excluding hydrogens is 206 g/mol. The van der Waals surface area contributed by atoms with Gasteiger partial charge in [0.1, 0.15) is 6.07 Å². The fourth-order valence-electron chi connectivity index (χ4n) is 1.13. The van der Waals surface area contributed by atoms with Crippen LogP contribution in [-0.4, -0.2) is 8.42 Å². The van der Waals surface area contributed by atoms with Crippen LogP contribution in [0.4, 0.5) is 0 Å². The number of hydrogen-bond acceptors (Lipinski definition) is 5. The lowest BCUT2D eigenvalue weighted by atomic mass is 10.1. The molecule has 0 radical (unpaired) electrons. The molecule has 0 unspecified atom stereocenters. The van der Waals surface area contributed by atoms with Gasteiger partial charge in [-0.15, -0.1) is 4.91 Å². The van der Waals surface area contributed by atoms with E-state index in [-0.39, 0.29) is 16.9 Å². The van der Waals surface area contributed by atoms with Gasteiger partial charge < -0.3 is 0 Å². The van der Waals surface area contributed by atoms with Crippen molar-refractivity contribution in [2.75, 3.05) is 0 Å². The van der Waals surface area contributed by atoms with E-state index in [0.29, 0.717) is 6.42 Å². The van der Waals surface area contributed by atoms with Crippen molar-refractivity contribution in [3.05, 3.63) is 27.5 Å². The van der Waals surface area contributed by atoms with Crippen LogP contribution >= 0.6 is 0 Å². The third-order valence-corrected chi connectivity index (χ3v) is 3.11. The molecule has 1 aliphatic carbocycles. The molecule has 0 aromatic heterocycles. The monoisotopic (exact) mass is 213 g/mol.